The Morgan fingerprint density at radius 2 is 1.50 bits per heavy atom. The molecule has 4 aromatic carbocycles. The summed E-state index contributed by atoms with van der Waals surface area (Å²) in [6, 6.07) is 26.8. The Morgan fingerprint density at radius 3 is 2.12 bits per heavy atom. The zero-order chi connectivity index (χ0) is 37.3. The summed E-state index contributed by atoms with van der Waals surface area (Å²) in [4.78, 5) is 22.4. The zero-order valence-corrected chi connectivity index (χ0v) is 37.3. The molecule has 52 heavy (non-hydrogen) atoms. The van der Waals surface area contributed by atoms with E-state index in [0.717, 1.165) is 75.6 Å². The third-order valence-electron chi connectivity index (χ3n) is 11.2. The molecule has 0 amide bonds. The second kappa shape index (κ2) is 16.4. The minimum Gasteiger partial charge on any atom is -0.512 e. The molecular formula is C45H55GeIrN2O3-. The van der Waals surface area contributed by atoms with Gasteiger partial charge in [-0.2, -0.15) is 0 Å². The smallest absolute Gasteiger partial charge is 0.164 e. The van der Waals surface area contributed by atoms with E-state index in [2.05, 4.69) is 85.7 Å². The van der Waals surface area contributed by atoms with Gasteiger partial charge in [-0.05, 0) is 25.7 Å². The summed E-state index contributed by atoms with van der Waals surface area (Å²) in [5.74, 6) is 8.68. The predicted molar refractivity (Wildman–Crippen MR) is 219 cm³/mol. The van der Waals surface area contributed by atoms with Gasteiger partial charge in [0.25, 0.3) is 0 Å². The van der Waals surface area contributed by atoms with Crippen molar-refractivity contribution in [2.45, 2.75) is 104 Å². The number of carbonyl (C=O) groups is 1. The van der Waals surface area contributed by atoms with Crippen LogP contribution in [-0.2, 0) is 24.9 Å². The van der Waals surface area contributed by atoms with Gasteiger partial charge in [-0.1, -0.05) is 41.5 Å². The van der Waals surface area contributed by atoms with Crippen LogP contribution < -0.4 is 4.40 Å². The van der Waals surface area contributed by atoms with Crippen LogP contribution in [0.25, 0.3) is 54.9 Å². The molecule has 0 aliphatic carbocycles. The number of allylic oxidation sites excluding steroid dienone is 2. The van der Waals surface area contributed by atoms with Crippen LogP contribution in [0.15, 0.2) is 83.0 Å². The van der Waals surface area contributed by atoms with E-state index < -0.39 is 13.3 Å². The van der Waals surface area contributed by atoms with Crippen molar-refractivity contribution in [2.24, 2.45) is 10.8 Å². The second-order valence-corrected chi connectivity index (χ2v) is 26.4. The van der Waals surface area contributed by atoms with Crippen molar-refractivity contribution in [3.05, 3.63) is 90.5 Å². The van der Waals surface area contributed by atoms with E-state index in [9.17, 15) is 9.90 Å². The van der Waals surface area contributed by atoms with Crippen molar-refractivity contribution in [3.63, 3.8) is 0 Å². The van der Waals surface area contributed by atoms with Crippen LogP contribution in [0.3, 0.4) is 0 Å². The van der Waals surface area contributed by atoms with E-state index in [1.165, 1.54) is 21.2 Å². The quantitative estimate of drug-likeness (QED) is 0.0487. The first kappa shape index (κ1) is 41.4. The van der Waals surface area contributed by atoms with E-state index in [4.69, 9.17) is 14.4 Å². The Balaban J connectivity index is 0.000000289. The van der Waals surface area contributed by atoms with Crippen LogP contribution in [0.5, 0.6) is 0 Å². The molecule has 0 atom stereocenters. The maximum Gasteiger partial charge on any atom is 0.164 e. The molecule has 1 N–H and O–H groups in total. The average molecular weight is 937 g/mol. The van der Waals surface area contributed by atoms with Crippen LogP contribution in [0.2, 0.25) is 17.3 Å². The van der Waals surface area contributed by atoms with Crippen molar-refractivity contribution >= 4 is 67.1 Å². The third-order valence-corrected chi connectivity index (χ3v) is 15.5. The number of para-hydroxylation sites is 1. The first-order chi connectivity index (χ1) is 24.1. The molecular weight excluding hydrogens is 881 g/mol. The normalized spacial score (nSPS) is 12.7. The van der Waals surface area contributed by atoms with Crippen molar-refractivity contribution in [1.82, 2.24) is 9.97 Å². The minimum absolute atomic E-state index is 0. The molecule has 6 aromatic rings. The number of benzene rings is 4. The molecule has 7 heteroatoms. The summed E-state index contributed by atoms with van der Waals surface area (Å²) in [7, 11) is 0. The number of aliphatic hydroxyl groups excluding tert-OH is 1. The van der Waals surface area contributed by atoms with E-state index in [1.807, 2.05) is 59.7 Å². The molecule has 0 saturated carbocycles. The Labute approximate surface area is 326 Å². The number of carbonyl (C=O) groups excluding carboxylic acids is 1. The van der Waals surface area contributed by atoms with Gasteiger partial charge in [0.1, 0.15) is 5.76 Å². The molecule has 0 aliphatic heterocycles. The summed E-state index contributed by atoms with van der Waals surface area (Å²) >= 11 is -2.17. The summed E-state index contributed by atoms with van der Waals surface area (Å²) in [5.41, 5.74) is 3.96. The molecule has 5 nitrogen and oxygen atoms in total. The first-order valence-corrected chi connectivity index (χ1v) is 26.0. The third kappa shape index (κ3) is 7.95. The van der Waals surface area contributed by atoms with Crippen molar-refractivity contribution < 1.29 is 34.4 Å². The van der Waals surface area contributed by atoms with Crippen molar-refractivity contribution in [2.75, 3.05) is 0 Å². The molecule has 277 valence electrons. The first-order valence-electron chi connectivity index (χ1n) is 18.6. The molecule has 2 heterocycles. The fourth-order valence-electron chi connectivity index (χ4n) is 6.61. The van der Waals surface area contributed by atoms with Crippen LogP contribution in [0.4, 0.5) is 0 Å². The predicted octanol–water partition coefficient (Wildman–Crippen LogP) is 12.5. The van der Waals surface area contributed by atoms with Gasteiger partial charge in [-0.3, -0.25) is 4.79 Å². The molecule has 1 radical (unpaired) electrons. The van der Waals surface area contributed by atoms with E-state index in [-0.39, 0.29) is 48.4 Å². The standard InChI is InChI=1S/C30H27GeN2O.C15H28O2.Ir/c1-18(2)30-32-27(23-13-9-12-21-20-11-6-7-15-25(20)34-29(21)23)22-17-16-19-10-8-14-24(31(3,4)5)26(19)28(22)33-30;1-7-14(5,8-2)12(16)11-13(17)15(6,9-3)10-4;/h6-12,14-18H,1-5H3;11,16H,7-10H2,1-6H3;/q-1;;/b;12-11-;. The zero-order valence-electron chi connectivity index (χ0n) is 32.8. The Bertz CT molecular complexity index is 2240. The monoisotopic (exact) mass is 938 g/mol. The number of rotatable bonds is 10. The summed E-state index contributed by atoms with van der Waals surface area (Å²) < 4.78 is 7.85. The number of ketones is 1. The van der Waals surface area contributed by atoms with Gasteiger partial charge in [0.2, 0.25) is 0 Å². The summed E-state index contributed by atoms with van der Waals surface area (Å²) in [6.45, 7) is 16.4. The van der Waals surface area contributed by atoms with E-state index in [0.29, 0.717) is 0 Å². The molecule has 0 bridgehead atoms. The van der Waals surface area contributed by atoms with Gasteiger partial charge in [0, 0.05) is 37.0 Å². The molecule has 0 spiro atoms. The van der Waals surface area contributed by atoms with E-state index >= 15 is 0 Å². The number of aromatic nitrogens is 2. The van der Waals surface area contributed by atoms with Crippen LogP contribution in [0, 0.1) is 16.9 Å². The topological polar surface area (TPSA) is 76.2 Å². The van der Waals surface area contributed by atoms with Crippen molar-refractivity contribution in [3.8, 4) is 11.3 Å². The summed E-state index contributed by atoms with van der Waals surface area (Å²) in [5, 5.41) is 15.9. The van der Waals surface area contributed by atoms with Gasteiger partial charge in [0.05, 0.1) is 0 Å². The molecule has 0 unspecified atom stereocenters. The number of hydrogen-bond donors (Lipinski definition) is 1. The van der Waals surface area contributed by atoms with Crippen molar-refractivity contribution in [1.29, 1.82) is 0 Å². The second-order valence-electron chi connectivity index (χ2n) is 15.8. The number of aliphatic hydroxyl groups is 1. The molecule has 2 aromatic heterocycles. The van der Waals surface area contributed by atoms with Gasteiger partial charge in [0.15, 0.2) is 5.78 Å². The van der Waals surface area contributed by atoms with E-state index in [1.54, 1.807) is 0 Å². The Hall–Kier alpha value is -3.32. The largest absolute Gasteiger partial charge is 0.512 e. The fraction of sp³-hybridized carbons (Fsp3) is 0.400. The van der Waals surface area contributed by atoms with Gasteiger partial charge >= 0.3 is 203 Å². The van der Waals surface area contributed by atoms with Gasteiger partial charge < -0.3 is 5.11 Å². The SMILES string of the molecule is CC(C)c1nc(-c2[c-]ccc3c2oc2ccccc23)c2ccc3ccc[c]([Ge]([CH3])([CH3])[CH3])c3c2n1.CCC(C)(CC)C(=O)/C=C(\O)C(C)(CC)CC.[Ir]. The molecule has 0 saturated heterocycles. The Kier molecular flexibility index (Phi) is 13.0. The number of furan rings is 1. The average Bonchev–Trinajstić information content (AvgIpc) is 3.52. The number of nitrogens with zero attached hydrogens (tertiary/aromatic N) is 2. The van der Waals surface area contributed by atoms with Crippen LogP contribution in [0.1, 0.15) is 92.8 Å². The van der Waals surface area contributed by atoms with Crippen LogP contribution >= 0.6 is 0 Å². The maximum atomic E-state index is 12.2. The maximum absolute atomic E-state index is 12.2. The number of fused-ring (bicyclic) bond motifs is 6. The van der Waals surface area contributed by atoms with Gasteiger partial charge in [-0.25, -0.2) is 0 Å². The molecule has 6 rings (SSSR count). The van der Waals surface area contributed by atoms with Gasteiger partial charge in [-0.15, -0.1) is 0 Å². The van der Waals surface area contributed by atoms with Crippen LogP contribution in [-0.4, -0.2) is 34.1 Å². The number of hydrogen-bond acceptors (Lipinski definition) is 5. The molecule has 0 aliphatic rings. The Morgan fingerprint density at radius 1 is 0.846 bits per heavy atom. The summed E-state index contributed by atoms with van der Waals surface area (Å²) in [6.07, 6.45) is 4.75. The minimum atomic E-state index is -2.17. The fourth-order valence-corrected chi connectivity index (χ4v) is 9.98. The molecule has 0 fully saturated rings.